The summed E-state index contributed by atoms with van der Waals surface area (Å²) in [5.41, 5.74) is -0.662. The summed E-state index contributed by atoms with van der Waals surface area (Å²) in [5.74, 6) is 0.0275. The SMILES string of the molecule is O=C(O)C1(c2c(O)ccc3c2OCCCO3)CCCC1. The van der Waals surface area contributed by atoms with Gasteiger partial charge in [-0.3, -0.25) is 4.79 Å². The molecule has 1 aromatic carbocycles. The maximum absolute atomic E-state index is 11.8. The number of carboxylic acid groups (broad SMARTS) is 1. The van der Waals surface area contributed by atoms with Crippen LogP contribution in [0.3, 0.4) is 0 Å². The van der Waals surface area contributed by atoms with E-state index in [-0.39, 0.29) is 5.75 Å². The summed E-state index contributed by atoms with van der Waals surface area (Å²) >= 11 is 0. The van der Waals surface area contributed by atoms with E-state index in [1.807, 2.05) is 0 Å². The molecule has 2 aliphatic rings. The molecule has 1 fully saturated rings. The van der Waals surface area contributed by atoms with Gasteiger partial charge in [-0.25, -0.2) is 0 Å². The predicted octanol–water partition coefficient (Wildman–Crippen LogP) is 2.45. The van der Waals surface area contributed by atoms with Gasteiger partial charge in [-0.1, -0.05) is 12.8 Å². The first-order valence-corrected chi connectivity index (χ1v) is 7.00. The number of carboxylic acids is 1. The number of carbonyl (C=O) groups is 1. The summed E-state index contributed by atoms with van der Waals surface area (Å²) in [6, 6.07) is 3.15. The highest BCUT2D eigenvalue weighted by molar-refractivity contribution is 5.85. The van der Waals surface area contributed by atoms with Gasteiger partial charge in [0.15, 0.2) is 11.5 Å². The average molecular weight is 278 g/mol. The summed E-state index contributed by atoms with van der Waals surface area (Å²) < 4.78 is 11.3. The number of rotatable bonds is 2. The van der Waals surface area contributed by atoms with Crippen LogP contribution in [-0.4, -0.2) is 29.4 Å². The second-order valence-corrected chi connectivity index (χ2v) is 5.43. The van der Waals surface area contributed by atoms with E-state index in [1.54, 1.807) is 6.07 Å². The Morgan fingerprint density at radius 1 is 1.10 bits per heavy atom. The van der Waals surface area contributed by atoms with Crippen molar-refractivity contribution >= 4 is 5.97 Å². The molecule has 0 radical (unpaired) electrons. The summed E-state index contributed by atoms with van der Waals surface area (Å²) in [6.45, 7) is 1.01. The van der Waals surface area contributed by atoms with E-state index in [0.29, 0.717) is 43.1 Å². The van der Waals surface area contributed by atoms with Crippen molar-refractivity contribution in [2.45, 2.75) is 37.5 Å². The number of ether oxygens (including phenoxy) is 2. The topological polar surface area (TPSA) is 76.0 Å². The standard InChI is InChI=1S/C15H18O5/c16-10-4-5-11-13(20-9-3-8-19-11)12(10)15(14(17)18)6-1-2-7-15/h4-5,16H,1-3,6-9H2,(H,17,18). The first kappa shape index (κ1) is 13.1. The molecule has 0 atom stereocenters. The van der Waals surface area contributed by atoms with Gasteiger partial charge < -0.3 is 19.7 Å². The number of benzene rings is 1. The van der Waals surface area contributed by atoms with Crippen molar-refractivity contribution in [2.24, 2.45) is 0 Å². The molecule has 5 nitrogen and oxygen atoms in total. The normalized spacial score (nSPS) is 20.4. The molecule has 1 heterocycles. The molecular weight excluding hydrogens is 260 g/mol. The number of aliphatic carboxylic acids is 1. The molecule has 1 saturated carbocycles. The largest absolute Gasteiger partial charge is 0.507 e. The molecule has 5 heteroatoms. The lowest BCUT2D eigenvalue weighted by atomic mass is 9.77. The molecule has 1 aromatic rings. The van der Waals surface area contributed by atoms with Gasteiger partial charge in [0.05, 0.1) is 18.8 Å². The highest BCUT2D eigenvalue weighted by Gasteiger charge is 2.47. The molecule has 108 valence electrons. The molecule has 2 N–H and O–H groups in total. The van der Waals surface area contributed by atoms with Crippen LogP contribution in [0.5, 0.6) is 17.2 Å². The number of phenols is 1. The van der Waals surface area contributed by atoms with Gasteiger partial charge in [0.1, 0.15) is 11.2 Å². The van der Waals surface area contributed by atoms with Crippen LogP contribution in [0.4, 0.5) is 0 Å². The number of aromatic hydroxyl groups is 1. The smallest absolute Gasteiger partial charge is 0.314 e. The van der Waals surface area contributed by atoms with Crippen molar-refractivity contribution in [1.82, 2.24) is 0 Å². The van der Waals surface area contributed by atoms with E-state index in [0.717, 1.165) is 19.3 Å². The van der Waals surface area contributed by atoms with Crippen LogP contribution in [0, 0.1) is 0 Å². The van der Waals surface area contributed by atoms with E-state index < -0.39 is 11.4 Å². The molecule has 1 aliphatic heterocycles. The fourth-order valence-corrected chi connectivity index (χ4v) is 3.24. The van der Waals surface area contributed by atoms with Gasteiger partial charge in [-0.15, -0.1) is 0 Å². The Labute approximate surface area is 117 Å². The van der Waals surface area contributed by atoms with Crippen LogP contribution >= 0.6 is 0 Å². The van der Waals surface area contributed by atoms with E-state index >= 15 is 0 Å². The van der Waals surface area contributed by atoms with Crippen LogP contribution in [0.2, 0.25) is 0 Å². The summed E-state index contributed by atoms with van der Waals surface area (Å²) in [5, 5.41) is 19.9. The lowest BCUT2D eigenvalue weighted by Crippen LogP contribution is -2.33. The molecule has 0 aromatic heterocycles. The third-order valence-corrected chi connectivity index (χ3v) is 4.24. The van der Waals surface area contributed by atoms with E-state index in [4.69, 9.17) is 9.47 Å². The molecular formula is C15H18O5. The average Bonchev–Trinajstić information content (AvgIpc) is 2.79. The Hall–Kier alpha value is -1.91. The van der Waals surface area contributed by atoms with Gasteiger partial charge in [0.25, 0.3) is 0 Å². The van der Waals surface area contributed by atoms with Crippen LogP contribution in [0.15, 0.2) is 12.1 Å². The Morgan fingerprint density at radius 3 is 2.50 bits per heavy atom. The fourth-order valence-electron chi connectivity index (χ4n) is 3.24. The van der Waals surface area contributed by atoms with E-state index in [2.05, 4.69) is 0 Å². The minimum absolute atomic E-state index is 0.0152. The van der Waals surface area contributed by atoms with Crippen molar-refractivity contribution in [3.63, 3.8) is 0 Å². The number of hydrogen-bond donors (Lipinski definition) is 2. The summed E-state index contributed by atoms with van der Waals surface area (Å²) in [6.07, 6.45) is 3.48. The minimum atomic E-state index is -1.05. The van der Waals surface area contributed by atoms with Crippen molar-refractivity contribution in [3.8, 4) is 17.2 Å². The lowest BCUT2D eigenvalue weighted by Gasteiger charge is -2.27. The highest BCUT2D eigenvalue weighted by Crippen LogP contribution is 2.51. The van der Waals surface area contributed by atoms with Gasteiger partial charge in [0.2, 0.25) is 0 Å². The summed E-state index contributed by atoms with van der Waals surface area (Å²) in [7, 11) is 0. The number of fused-ring (bicyclic) bond motifs is 1. The van der Waals surface area contributed by atoms with Crippen LogP contribution in [-0.2, 0) is 10.2 Å². The Balaban J connectivity index is 2.19. The van der Waals surface area contributed by atoms with Crippen molar-refractivity contribution < 1.29 is 24.5 Å². The zero-order valence-corrected chi connectivity index (χ0v) is 11.2. The molecule has 20 heavy (non-hydrogen) atoms. The molecule has 0 spiro atoms. The highest BCUT2D eigenvalue weighted by atomic mass is 16.5. The van der Waals surface area contributed by atoms with Crippen LogP contribution in [0.25, 0.3) is 0 Å². The maximum atomic E-state index is 11.8. The molecule has 3 rings (SSSR count). The summed E-state index contributed by atoms with van der Waals surface area (Å²) in [4.78, 5) is 11.8. The second kappa shape index (κ2) is 4.89. The van der Waals surface area contributed by atoms with Crippen molar-refractivity contribution in [2.75, 3.05) is 13.2 Å². The third kappa shape index (κ3) is 1.88. The van der Waals surface area contributed by atoms with Gasteiger partial charge >= 0.3 is 5.97 Å². The van der Waals surface area contributed by atoms with Crippen LogP contribution < -0.4 is 9.47 Å². The third-order valence-electron chi connectivity index (χ3n) is 4.24. The van der Waals surface area contributed by atoms with Gasteiger partial charge in [-0.2, -0.15) is 0 Å². The Morgan fingerprint density at radius 2 is 1.80 bits per heavy atom. The van der Waals surface area contributed by atoms with Gasteiger partial charge in [-0.05, 0) is 25.0 Å². The molecule has 0 unspecified atom stereocenters. The maximum Gasteiger partial charge on any atom is 0.314 e. The second-order valence-electron chi connectivity index (χ2n) is 5.43. The fraction of sp³-hybridized carbons (Fsp3) is 0.533. The van der Waals surface area contributed by atoms with Crippen molar-refractivity contribution in [1.29, 1.82) is 0 Å². The Kier molecular flexibility index (Phi) is 3.20. The van der Waals surface area contributed by atoms with E-state index in [9.17, 15) is 15.0 Å². The zero-order valence-electron chi connectivity index (χ0n) is 11.2. The molecule has 0 amide bonds. The molecule has 0 bridgehead atoms. The first-order chi connectivity index (χ1) is 9.65. The molecule has 0 saturated heterocycles. The lowest BCUT2D eigenvalue weighted by molar-refractivity contribution is -0.143. The zero-order chi connectivity index (χ0) is 14.2. The predicted molar refractivity (Wildman–Crippen MR) is 71.5 cm³/mol. The monoisotopic (exact) mass is 278 g/mol. The van der Waals surface area contributed by atoms with Gasteiger partial charge in [0, 0.05) is 6.42 Å². The van der Waals surface area contributed by atoms with Crippen molar-refractivity contribution in [3.05, 3.63) is 17.7 Å². The molecule has 1 aliphatic carbocycles. The van der Waals surface area contributed by atoms with Crippen LogP contribution in [0.1, 0.15) is 37.7 Å². The number of hydrogen-bond acceptors (Lipinski definition) is 4. The first-order valence-electron chi connectivity index (χ1n) is 7.00. The quantitative estimate of drug-likeness (QED) is 0.869. The Bertz CT molecular complexity index is 531. The number of phenolic OH excluding ortho intramolecular Hbond substituents is 1. The van der Waals surface area contributed by atoms with E-state index in [1.165, 1.54) is 6.07 Å². The minimum Gasteiger partial charge on any atom is -0.507 e.